The molecular weight excluding hydrogens is 366 g/mol. The summed E-state index contributed by atoms with van der Waals surface area (Å²) in [5.41, 5.74) is 2.28. The van der Waals surface area contributed by atoms with Gasteiger partial charge in [-0.2, -0.15) is 0 Å². The summed E-state index contributed by atoms with van der Waals surface area (Å²) in [5.74, 6) is 0. The molecule has 0 bridgehead atoms. The fourth-order valence-corrected chi connectivity index (χ4v) is 4.03. The van der Waals surface area contributed by atoms with E-state index in [2.05, 4.69) is 28.0 Å². The van der Waals surface area contributed by atoms with Crippen LogP contribution in [0.4, 0.5) is 10.5 Å². The highest BCUT2D eigenvalue weighted by molar-refractivity contribution is 6.13. The van der Waals surface area contributed by atoms with Crippen molar-refractivity contribution in [3.05, 3.63) is 42.5 Å². The number of para-hydroxylation sites is 1. The highest BCUT2D eigenvalue weighted by Gasteiger charge is 2.23. The highest BCUT2D eigenvalue weighted by atomic mass is 16.6. The summed E-state index contributed by atoms with van der Waals surface area (Å²) in [6.07, 6.45) is -0.353. The van der Waals surface area contributed by atoms with Gasteiger partial charge in [0.25, 0.3) is 0 Å². The van der Waals surface area contributed by atoms with Gasteiger partial charge in [0.2, 0.25) is 0 Å². The van der Waals surface area contributed by atoms with Gasteiger partial charge in [-0.15, -0.1) is 0 Å². The van der Waals surface area contributed by atoms with Gasteiger partial charge in [-0.05, 0) is 39.0 Å². The van der Waals surface area contributed by atoms with E-state index >= 15 is 0 Å². The molecule has 1 fully saturated rings. The number of rotatable bonds is 3. The van der Waals surface area contributed by atoms with Gasteiger partial charge >= 0.3 is 6.09 Å². The third kappa shape index (κ3) is 3.95. The first-order valence-corrected chi connectivity index (χ1v) is 10.2. The van der Waals surface area contributed by atoms with E-state index in [-0.39, 0.29) is 12.7 Å². The molecule has 29 heavy (non-hydrogen) atoms. The average molecular weight is 396 g/mol. The number of hydrogen-bond acceptors (Lipinski definition) is 5. The number of fused-ring (bicyclic) bond motifs is 3. The van der Waals surface area contributed by atoms with Crippen molar-refractivity contribution in [1.29, 1.82) is 0 Å². The summed E-state index contributed by atoms with van der Waals surface area (Å²) in [6, 6.07) is 14.3. The first kappa shape index (κ1) is 19.7. The van der Waals surface area contributed by atoms with Crippen molar-refractivity contribution in [3.8, 4) is 0 Å². The second-order valence-corrected chi connectivity index (χ2v) is 8.59. The van der Waals surface area contributed by atoms with Crippen molar-refractivity contribution in [2.75, 3.05) is 44.2 Å². The van der Waals surface area contributed by atoms with Crippen molar-refractivity contribution in [1.82, 2.24) is 9.47 Å². The van der Waals surface area contributed by atoms with E-state index < -0.39 is 5.60 Å². The summed E-state index contributed by atoms with van der Waals surface area (Å²) >= 11 is 0. The normalized spacial score (nSPS) is 15.9. The molecule has 0 aliphatic carbocycles. The van der Waals surface area contributed by atoms with Crippen molar-refractivity contribution in [3.63, 3.8) is 0 Å². The molecule has 1 aliphatic heterocycles. The van der Waals surface area contributed by atoms with Crippen LogP contribution in [-0.2, 0) is 4.74 Å². The summed E-state index contributed by atoms with van der Waals surface area (Å²) in [7, 11) is 0. The Morgan fingerprint density at radius 1 is 1.00 bits per heavy atom. The second-order valence-electron chi connectivity index (χ2n) is 8.59. The molecule has 0 radical (unpaired) electrons. The van der Waals surface area contributed by atoms with E-state index in [4.69, 9.17) is 9.84 Å². The first-order chi connectivity index (χ1) is 13.9. The Bertz CT molecular complexity index is 1030. The molecule has 0 amide bonds. The number of ether oxygens (including phenoxy) is 1. The van der Waals surface area contributed by atoms with Crippen LogP contribution in [-0.4, -0.2) is 65.6 Å². The molecule has 1 aliphatic rings. The fourth-order valence-electron chi connectivity index (χ4n) is 4.03. The third-order valence-electron chi connectivity index (χ3n) is 5.39. The Hall–Kier alpha value is -2.57. The third-order valence-corrected chi connectivity index (χ3v) is 5.39. The Kier molecular flexibility index (Phi) is 5.23. The molecule has 6 nitrogen and oxygen atoms in total. The van der Waals surface area contributed by atoms with Gasteiger partial charge in [0, 0.05) is 49.2 Å². The molecule has 1 saturated heterocycles. The van der Waals surface area contributed by atoms with Crippen LogP contribution in [0, 0.1) is 0 Å². The number of benzene rings is 2. The molecule has 2 aromatic carbocycles. The van der Waals surface area contributed by atoms with E-state index in [1.807, 2.05) is 45.0 Å². The van der Waals surface area contributed by atoms with Crippen molar-refractivity contribution >= 4 is 33.6 Å². The lowest BCUT2D eigenvalue weighted by Crippen LogP contribution is -2.47. The number of hydrogen-bond donors (Lipinski definition) is 1. The van der Waals surface area contributed by atoms with Crippen LogP contribution in [0.15, 0.2) is 42.5 Å². The van der Waals surface area contributed by atoms with Crippen molar-refractivity contribution in [2.24, 2.45) is 0 Å². The zero-order chi connectivity index (χ0) is 20.6. The molecule has 0 atom stereocenters. The number of carbonyl (C=O) groups excluding carboxylic acids is 1. The molecule has 3 aromatic rings. The predicted molar refractivity (Wildman–Crippen MR) is 117 cm³/mol. The quantitative estimate of drug-likeness (QED) is 0.733. The topological polar surface area (TPSA) is 57.9 Å². The minimum absolute atomic E-state index is 0.196. The Labute approximate surface area is 171 Å². The molecule has 0 saturated carbocycles. The van der Waals surface area contributed by atoms with E-state index in [9.17, 15) is 4.79 Å². The van der Waals surface area contributed by atoms with Crippen molar-refractivity contribution in [2.45, 2.75) is 26.4 Å². The molecule has 0 spiro atoms. The van der Waals surface area contributed by atoms with Gasteiger partial charge in [-0.1, -0.05) is 24.3 Å². The van der Waals surface area contributed by atoms with Crippen LogP contribution in [0.5, 0.6) is 0 Å². The first-order valence-electron chi connectivity index (χ1n) is 10.2. The Morgan fingerprint density at radius 3 is 2.38 bits per heavy atom. The average Bonchev–Trinajstić information content (AvgIpc) is 3.01. The van der Waals surface area contributed by atoms with Crippen LogP contribution in [0.3, 0.4) is 0 Å². The zero-order valence-corrected chi connectivity index (χ0v) is 17.4. The van der Waals surface area contributed by atoms with Crippen LogP contribution < -0.4 is 4.90 Å². The van der Waals surface area contributed by atoms with Gasteiger partial charge in [-0.3, -0.25) is 4.90 Å². The number of anilines is 1. The van der Waals surface area contributed by atoms with Gasteiger partial charge in [0.1, 0.15) is 5.60 Å². The lowest BCUT2D eigenvalue weighted by molar-refractivity contribution is 0.0551. The molecule has 2 heterocycles. The summed E-state index contributed by atoms with van der Waals surface area (Å²) in [6.45, 7) is 10.2. The van der Waals surface area contributed by atoms with Crippen LogP contribution in [0.2, 0.25) is 0 Å². The lowest BCUT2D eigenvalue weighted by atomic mass is 10.1. The molecule has 4 rings (SSSR count). The number of aliphatic hydroxyl groups is 1. The molecule has 6 heteroatoms. The Morgan fingerprint density at radius 2 is 1.69 bits per heavy atom. The van der Waals surface area contributed by atoms with Crippen LogP contribution in [0.1, 0.15) is 20.8 Å². The molecule has 154 valence electrons. The molecule has 1 N–H and O–H groups in total. The standard InChI is InChI=1S/C23H29N3O3/c1-23(2,3)29-22(28)26-20-7-5-4-6-18(20)19-9-8-17(16-21(19)26)25-12-10-24(11-13-25)14-15-27/h4-9,16,27H,10-15H2,1-3H3. The van der Waals surface area contributed by atoms with Crippen molar-refractivity contribution < 1.29 is 14.6 Å². The second kappa shape index (κ2) is 7.69. The summed E-state index contributed by atoms with van der Waals surface area (Å²) in [4.78, 5) is 17.7. The van der Waals surface area contributed by atoms with E-state index in [0.29, 0.717) is 0 Å². The number of nitrogens with zero attached hydrogens (tertiary/aromatic N) is 3. The summed E-state index contributed by atoms with van der Waals surface area (Å²) in [5, 5.41) is 11.2. The summed E-state index contributed by atoms with van der Waals surface area (Å²) < 4.78 is 7.40. The smallest absolute Gasteiger partial charge is 0.419 e. The number of aromatic nitrogens is 1. The number of piperazine rings is 1. The fraction of sp³-hybridized carbons (Fsp3) is 0.435. The van der Waals surface area contributed by atoms with Gasteiger partial charge < -0.3 is 14.7 Å². The minimum atomic E-state index is -0.560. The van der Waals surface area contributed by atoms with E-state index in [1.54, 1.807) is 4.57 Å². The van der Waals surface area contributed by atoms with Crippen LogP contribution in [0.25, 0.3) is 21.8 Å². The Balaban J connectivity index is 1.75. The maximum absolute atomic E-state index is 13.0. The number of aliphatic hydroxyl groups excluding tert-OH is 1. The van der Waals surface area contributed by atoms with E-state index in [0.717, 1.165) is 60.2 Å². The number of carbonyl (C=O) groups is 1. The van der Waals surface area contributed by atoms with Gasteiger partial charge in [0.05, 0.1) is 17.6 Å². The van der Waals surface area contributed by atoms with Gasteiger partial charge in [-0.25, -0.2) is 9.36 Å². The van der Waals surface area contributed by atoms with Crippen LogP contribution >= 0.6 is 0 Å². The maximum Gasteiger partial charge on any atom is 0.419 e. The minimum Gasteiger partial charge on any atom is -0.443 e. The predicted octanol–water partition coefficient (Wildman–Crippen LogP) is 3.69. The monoisotopic (exact) mass is 395 g/mol. The highest BCUT2D eigenvalue weighted by Crippen LogP contribution is 2.33. The molecule has 0 unspecified atom stereocenters. The molecular formula is C23H29N3O3. The largest absolute Gasteiger partial charge is 0.443 e. The SMILES string of the molecule is CC(C)(C)OC(=O)n1c2ccccc2c2ccc(N3CCN(CCO)CC3)cc21. The van der Waals surface area contributed by atoms with Gasteiger partial charge in [0.15, 0.2) is 0 Å². The lowest BCUT2D eigenvalue weighted by Gasteiger charge is -2.35. The maximum atomic E-state index is 13.0. The number of β-amino-alcohol motifs (C(OH)–C–C–N with tert-alkyl or cyclic N) is 1. The van der Waals surface area contributed by atoms with E-state index in [1.165, 1.54) is 0 Å². The zero-order valence-electron chi connectivity index (χ0n) is 17.4. The molecule has 1 aromatic heterocycles.